The maximum Gasteiger partial charge on any atom is 0.348 e. The second-order valence-electron chi connectivity index (χ2n) is 5.17. The van der Waals surface area contributed by atoms with E-state index in [2.05, 4.69) is 10.1 Å². The van der Waals surface area contributed by atoms with Crippen LogP contribution in [0.15, 0.2) is 42.5 Å². The molecule has 1 aliphatic heterocycles. The molecule has 0 N–H and O–H groups in total. The van der Waals surface area contributed by atoms with E-state index in [0.717, 1.165) is 5.69 Å². The molecule has 3 rings (SSSR count). The van der Waals surface area contributed by atoms with Gasteiger partial charge in [0.25, 0.3) is 5.79 Å². The highest BCUT2D eigenvalue weighted by atomic mass is 16.7. The van der Waals surface area contributed by atoms with E-state index in [0.29, 0.717) is 5.56 Å². The molecule has 0 unspecified atom stereocenters. The third kappa shape index (κ3) is 2.73. The van der Waals surface area contributed by atoms with Crippen LogP contribution >= 0.6 is 0 Å². The van der Waals surface area contributed by atoms with Crippen molar-refractivity contribution >= 4 is 18.0 Å². The Bertz CT molecular complexity index is 724. The molecule has 1 fully saturated rings. The standard InChI is InChI=1S/C15H13N3O4/c1-15(2)21-13(19)12(14(20)22-15)7-10-3-5-11(6-4-10)18-9-16-8-17-18/h3-9H,1-2H3. The van der Waals surface area contributed by atoms with Gasteiger partial charge in [-0.3, -0.25) is 0 Å². The maximum absolute atomic E-state index is 11.9. The molecule has 7 nitrogen and oxygen atoms in total. The number of carbonyl (C=O) groups excluding carboxylic acids is 2. The third-order valence-electron chi connectivity index (χ3n) is 3.00. The molecule has 0 atom stereocenters. The minimum Gasteiger partial charge on any atom is -0.419 e. The van der Waals surface area contributed by atoms with Crippen molar-refractivity contribution in [3.05, 3.63) is 48.1 Å². The van der Waals surface area contributed by atoms with Crippen molar-refractivity contribution in [3.63, 3.8) is 0 Å². The number of esters is 2. The molecule has 0 radical (unpaired) electrons. The summed E-state index contributed by atoms with van der Waals surface area (Å²) in [6.07, 6.45) is 4.45. The normalized spacial score (nSPS) is 16.9. The van der Waals surface area contributed by atoms with Crippen LogP contribution in [-0.2, 0) is 19.1 Å². The zero-order valence-electron chi connectivity index (χ0n) is 12.0. The van der Waals surface area contributed by atoms with Crippen molar-refractivity contribution in [2.75, 3.05) is 0 Å². The van der Waals surface area contributed by atoms with Crippen molar-refractivity contribution in [1.29, 1.82) is 0 Å². The molecule has 1 aromatic carbocycles. The summed E-state index contributed by atoms with van der Waals surface area (Å²) in [5, 5.41) is 4.01. The van der Waals surface area contributed by atoms with Crippen LogP contribution in [-0.4, -0.2) is 32.5 Å². The fourth-order valence-corrected chi connectivity index (χ4v) is 2.01. The van der Waals surface area contributed by atoms with Crippen molar-refractivity contribution in [1.82, 2.24) is 14.8 Å². The summed E-state index contributed by atoms with van der Waals surface area (Å²) in [6, 6.07) is 7.10. The predicted octanol–water partition coefficient (Wildman–Crippen LogP) is 1.49. The van der Waals surface area contributed by atoms with Crippen molar-refractivity contribution in [2.45, 2.75) is 19.6 Å². The lowest BCUT2D eigenvalue weighted by atomic mass is 10.1. The van der Waals surface area contributed by atoms with E-state index in [1.165, 1.54) is 26.3 Å². The molecular formula is C15H13N3O4. The van der Waals surface area contributed by atoms with Crippen LogP contribution in [0.5, 0.6) is 0 Å². The van der Waals surface area contributed by atoms with Gasteiger partial charge in [-0.25, -0.2) is 19.3 Å². The lowest BCUT2D eigenvalue weighted by molar-refractivity contribution is -0.222. The summed E-state index contributed by atoms with van der Waals surface area (Å²) in [5.41, 5.74) is 1.36. The molecule has 1 aromatic heterocycles. The quantitative estimate of drug-likeness (QED) is 0.474. The molecule has 1 saturated heterocycles. The Morgan fingerprint density at radius 3 is 2.27 bits per heavy atom. The smallest absolute Gasteiger partial charge is 0.348 e. The van der Waals surface area contributed by atoms with Crippen LogP contribution in [0.25, 0.3) is 11.8 Å². The van der Waals surface area contributed by atoms with Gasteiger partial charge in [-0.2, -0.15) is 5.10 Å². The fraction of sp³-hybridized carbons (Fsp3) is 0.200. The van der Waals surface area contributed by atoms with Crippen LogP contribution in [0.4, 0.5) is 0 Å². The minimum absolute atomic E-state index is 0.132. The van der Waals surface area contributed by atoms with Crippen LogP contribution in [0.3, 0.4) is 0 Å². The molecular weight excluding hydrogens is 286 g/mol. The molecule has 112 valence electrons. The van der Waals surface area contributed by atoms with E-state index >= 15 is 0 Å². The first kappa shape index (κ1) is 14.0. The summed E-state index contributed by atoms with van der Waals surface area (Å²) in [7, 11) is 0. The molecule has 2 heterocycles. The summed E-state index contributed by atoms with van der Waals surface area (Å²) >= 11 is 0. The lowest BCUT2D eigenvalue weighted by Gasteiger charge is -2.29. The first-order valence-corrected chi connectivity index (χ1v) is 6.58. The van der Waals surface area contributed by atoms with Gasteiger partial charge in [-0.15, -0.1) is 0 Å². The lowest BCUT2D eigenvalue weighted by Crippen LogP contribution is -2.41. The molecule has 0 aliphatic carbocycles. The highest BCUT2D eigenvalue weighted by Gasteiger charge is 2.38. The highest BCUT2D eigenvalue weighted by molar-refractivity contribution is 6.18. The van der Waals surface area contributed by atoms with E-state index in [4.69, 9.17) is 9.47 Å². The van der Waals surface area contributed by atoms with Crippen LogP contribution in [0.2, 0.25) is 0 Å². The van der Waals surface area contributed by atoms with Crippen LogP contribution < -0.4 is 0 Å². The number of benzene rings is 1. The number of rotatable bonds is 2. The number of carbonyl (C=O) groups is 2. The molecule has 22 heavy (non-hydrogen) atoms. The number of hydrogen-bond donors (Lipinski definition) is 0. The van der Waals surface area contributed by atoms with Gasteiger partial charge in [0.05, 0.1) is 5.69 Å². The zero-order valence-corrected chi connectivity index (χ0v) is 12.0. The Labute approximate surface area is 126 Å². The van der Waals surface area contributed by atoms with E-state index < -0.39 is 17.7 Å². The predicted molar refractivity (Wildman–Crippen MR) is 75.6 cm³/mol. The number of nitrogens with zero attached hydrogens (tertiary/aromatic N) is 3. The molecule has 0 amide bonds. The number of hydrogen-bond acceptors (Lipinski definition) is 6. The van der Waals surface area contributed by atoms with E-state index in [1.807, 2.05) is 0 Å². The first-order chi connectivity index (χ1) is 10.4. The molecule has 0 saturated carbocycles. The largest absolute Gasteiger partial charge is 0.419 e. The Kier molecular flexibility index (Phi) is 3.25. The van der Waals surface area contributed by atoms with E-state index in [-0.39, 0.29) is 5.57 Å². The van der Waals surface area contributed by atoms with Gasteiger partial charge in [-0.05, 0) is 23.8 Å². The first-order valence-electron chi connectivity index (χ1n) is 6.58. The zero-order chi connectivity index (χ0) is 15.7. The van der Waals surface area contributed by atoms with Gasteiger partial charge in [0, 0.05) is 13.8 Å². The van der Waals surface area contributed by atoms with Crippen LogP contribution in [0, 0.1) is 0 Å². The second kappa shape index (κ2) is 5.10. The average Bonchev–Trinajstić information content (AvgIpc) is 2.97. The fourth-order valence-electron chi connectivity index (χ4n) is 2.01. The Hall–Kier alpha value is -2.96. The topological polar surface area (TPSA) is 83.3 Å². The van der Waals surface area contributed by atoms with E-state index in [1.54, 1.807) is 35.3 Å². The molecule has 7 heteroatoms. The number of cyclic esters (lactones) is 2. The molecule has 1 aliphatic rings. The van der Waals surface area contributed by atoms with Gasteiger partial charge in [-0.1, -0.05) is 12.1 Å². The minimum atomic E-state index is -1.23. The van der Waals surface area contributed by atoms with Gasteiger partial charge in [0.1, 0.15) is 18.2 Å². The second-order valence-corrected chi connectivity index (χ2v) is 5.17. The SMILES string of the molecule is CC1(C)OC(=O)C(=Cc2ccc(-n3cncn3)cc2)C(=O)O1. The molecule has 0 bridgehead atoms. The summed E-state index contributed by atoms with van der Waals surface area (Å²) in [6.45, 7) is 3.01. The van der Waals surface area contributed by atoms with Crippen molar-refractivity contribution in [2.24, 2.45) is 0 Å². The third-order valence-corrected chi connectivity index (χ3v) is 3.00. The summed E-state index contributed by atoms with van der Waals surface area (Å²) in [4.78, 5) is 27.6. The van der Waals surface area contributed by atoms with Gasteiger partial charge in [0.15, 0.2) is 0 Å². The summed E-state index contributed by atoms with van der Waals surface area (Å²) < 4.78 is 11.7. The molecule has 0 spiro atoms. The van der Waals surface area contributed by atoms with Gasteiger partial charge < -0.3 is 9.47 Å². The highest BCUT2D eigenvalue weighted by Crippen LogP contribution is 2.24. The van der Waals surface area contributed by atoms with Crippen molar-refractivity contribution < 1.29 is 19.1 Å². The average molecular weight is 299 g/mol. The van der Waals surface area contributed by atoms with Crippen molar-refractivity contribution in [3.8, 4) is 5.69 Å². The number of ether oxygens (including phenoxy) is 2. The Balaban J connectivity index is 1.86. The van der Waals surface area contributed by atoms with Crippen LogP contribution in [0.1, 0.15) is 19.4 Å². The molecule has 2 aromatic rings. The van der Waals surface area contributed by atoms with Gasteiger partial charge >= 0.3 is 11.9 Å². The van der Waals surface area contributed by atoms with Gasteiger partial charge in [0.2, 0.25) is 0 Å². The summed E-state index contributed by atoms with van der Waals surface area (Å²) in [5.74, 6) is -2.62. The Morgan fingerprint density at radius 1 is 1.09 bits per heavy atom. The monoisotopic (exact) mass is 299 g/mol. The number of aromatic nitrogens is 3. The van der Waals surface area contributed by atoms with E-state index in [9.17, 15) is 9.59 Å². The maximum atomic E-state index is 11.9. The Morgan fingerprint density at radius 2 is 1.73 bits per heavy atom.